The van der Waals surface area contributed by atoms with Crippen molar-refractivity contribution in [3.05, 3.63) is 52.2 Å². The summed E-state index contributed by atoms with van der Waals surface area (Å²) >= 11 is 0. The zero-order chi connectivity index (χ0) is 27.4. The average Bonchev–Trinajstić information content (AvgIpc) is 2.82. The first-order valence-electron chi connectivity index (χ1n) is 11.0. The van der Waals surface area contributed by atoms with E-state index in [2.05, 4.69) is 20.4 Å². The predicted octanol–water partition coefficient (Wildman–Crippen LogP) is 2.83. The van der Waals surface area contributed by atoms with Crippen molar-refractivity contribution >= 4 is 17.7 Å². The lowest BCUT2D eigenvalue weighted by Gasteiger charge is -2.36. The van der Waals surface area contributed by atoms with Crippen molar-refractivity contribution < 1.29 is 31.1 Å². The average molecular weight is 534 g/mol. The summed E-state index contributed by atoms with van der Waals surface area (Å²) in [5.41, 5.74) is -4.15. The van der Waals surface area contributed by atoms with Gasteiger partial charge in [0.05, 0.1) is 17.4 Å². The highest BCUT2D eigenvalue weighted by Crippen LogP contribution is 2.31. The smallest absolute Gasteiger partial charge is 0.377 e. The number of amides is 2. The number of aromatic amines is 1. The maximum atomic E-state index is 13.2. The second-order valence-electron chi connectivity index (χ2n) is 8.25. The molecule has 2 N–H and O–H groups in total. The van der Waals surface area contributed by atoms with E-state index in [4.69, 9.17) is 0 Å². The van der Waals surface area contributed by atoms with Gasteiger partial charge in [-0.15, -0.1) is 0 Å². The molecule has 0 saturated carbocycles. The van der Waals surface area contributed by atoms with Crippen LogP contribution in [0.25, 0.3) is 0 Å². The van der Waals surface area contributed by atoms with Crippen molar-refractivity contribution in [2.45, 2.75) is 25.3 Å². The zero-order valence-electron chi connectivity index (χ0n) is 19.8. The molecule has 37 heavy (non-hydrogen) atoms. The third kappa shape index (κ3) is 7.10. The van der Waals surface area contributed by atoms with Crippen LogP contribution in [0.4, 0.5) is 42.8 Å². The molecule has 1 aliphatic heterocycles. The first-order chi connectivity index (χ1) is 17.3. The summed E-state index contributed by atoms with van der Waals surface area (Å²) in [5, 5.41) is 7.73. The summed E-state index contributed by atoms with van der Waals surface area (Å²) in [6.45, 7) is 2.98. The molecule has 1 atom stereocenters. The maximum Gasteiger partial charge on any atom is 0.423 e. The van der Waals surface area contributed by atoms with Gasteiger partial charge in [-0.25, -0.2) is 19.9 Å². The number of nitrogens with zero attached hydrogens (tertiary/aromatic N) is 6. The normalized spacial score (nSPS) is 15.7. The SMILES string of the molecule is C[C@@H](/C=C/CN(C)C(=O)N1CCN(c2ncc(C(F)(F)F)cn2)CC1)Nc1cn[nH]c(=O)c1C(F)(F)F. The largest absolute Gasteiger partial charge is 0.423 e. The Morgan fingerprint density at radius 1 is 1.11 bits per heavy atom. The first kappa shape index (κ1) is 27.7. The second-order valence-corrected chi connectivity index (χ2v) is 8.25. The molecule has 2 amide bonds. The summed E-state index contributed by atoms with van der Waals surface area (Å²) < 4.78 is 77.5. The molecule has 202 valence electrons. The number of hydrogen-bond acceptors (Lipinski definition) is 7. The number of aromatic nitrogens is 4. The number of likely N-dealkylation sites (N-methyl/N-ethyl adjacent to an activating group) is 1. The van der Waals surface area contributed by atoms with Crippen molar-refractivity contribution in [1.29, 1.82) is 0 Å². The molecule has 0 unspecified atom stereocenters. The van der Waals surface area contributed by atoms with Gasteiger partial charge in [-0.05, 0) is 6.92 Å². The number of rotatable bonds is 6. The van der Waals surface area contributed by atoms with Crippen LogP contribution in [0.2, 0.25) is 0 Å². The molecule has 0 radical (unpaired) electrons. The number of urea groups is 1. The van der Waals surface area contributed by atoms with Crippen LogP contribution in [0, 0.1) is 0 Å². The summed E-state index contributed by atoms with van der Waals surface area (Å²) in [6, 6.07) is -0.906. The number of alkyl halides is 6. The van der Waals surface area contributed by atoms with Gasteiger partial charge in [-0.3, -0.25) is 4.79 Å². The van der Waals surface area contributed by atoms with Crippen molar-refractivity contribution in [3.63, 3.8) is 0 Å². The van der Waals surface area contributed by atoms with E-state index in [1.807, 2.05) is 0 Å². The summed E-state index contributed by atoms with van der Waals surface area (Å²) in [4.78, 5) is 36.4. The van der Waals surface area contributed by atoms with E-state index >= 15 is 0 Å². The molecule has 1 saturated heterocycles. The lowest BCUT2D eigenvalue weighted by molar-refractivity contribution is -0.139. The Hall–Kier alpha value is -3.85. The van der Waals surface area contributed by atoms with Gasteiger partial charge in [-0.1, -0.05) is 12.2 Å². The second kappa shape index (κ2) is 11.0. The van der Waals surface area contributed by atoms with Crippen LogP contribution in [-0.4, -0.2) is 81.8 Å². The molecular formula is C21H24F6N8O2. The van der Waals surface area contributed by atoms with Gasteiger partial charge in [0.15, 0.2) is 0 Å². The highest BCUT2D eigenvalue weighted by molar-refractivity contribution is 5.74. The highest BCUT2D eigenvalue weighted by atomic mass is 19.4. The molecule has 1 aliphatic rings. The predicted molar refractivity (Wildman–Crippen MR) is 121 cm³/mol. The van der Waals surface area contributed by atoms with Gasteiger partial charge in [0.25, 0.3) is 5.56 Å². The number of carbonyl (C=O) groups excluding carboxylic acids is 1. The van der Waals surface area contributed by atoms with Gasteiger partial charge in [-0.2, -0.15) is 31.4 Å². The van der Waals surface area contributed by atoms with Crippen LogP contribution in [0.1, 0.15) is 18.1 Å². The lowest BCUT2D eigenvalue weighted by atomic mass is 10.2. The van der Waals surface area contributed by atoms with E-state index < -0.39 is 40.8 Å². The molecule has 3 heterocycles. The minimum absolute atomic E-state index is 0.141. The minimum Gasteiger partial charge on any atom is -0.377 e. The van der Waals surface area contributed by atoms with Crippen molar-refractivity contribution in [2.75, 3.05) is 50.0 Å². The molecule has 10 nitrogen and oxygen atoms in total. The van der Waals surface area contributed by atoms with Crippen molar-refractivity contribution in [2.24, 2.45) is 0 Å². The number of hydrogen-bond donors (Lipinski definition) is 2. The van der Waals surface area contributed by atoms with Crippen molar-refractivity contribution in [1.82, 2.24) is 30.0 Å². The van der Waals surface area contributed by atoms with Crippen LogP contribution >= 0.6 is 0 Å². The molecule has 2 aromatic rings. The number of carbonyl (C=O) groups is 1. The Kier molecular flexibility index (Phi) is 8.28. The van der Waals surface area contributed by atoms with E-state index in [-0.39, 0.29) is 18.5 Å². The van der Waals surface area contributed by atoms with Gasteiger partial charge in [0, 0.05) is 58.2 Å². The molecule has 0 aliphatic carbocycles. The topological polar surface area (TPSA) is 110 Å². The molecule has 0 aromatic carbocycles. The third-order valence-electron chi connectivity index (χ3n) is 5.45. The number of anilines is 2. The van der Waals surface area contributed by atoms with E-state index in [9.17, 15) is 35.9 Å². The van der Waals surface area contributed by atoms with Crippen LogP contribution in [0.3, 0.4) is 0 Å². The van der Waals surface area contributed by atoms with Crippen LogP contribution in [0.15, 0.2) is 35.5 Å². The fourth-order valence-corrected chi connectivity index (χ4v) is 3.55. The van der Waals surface area contributed by atoms with Crippen molar-refractivity contribution in [3.8, 4) is 0 Å². The maximum absolute atomic E-state index is 13.2. The zero-order valence-corrected chi connectivity index (χ0v) is 19.8. The molecule has 0 spiro atoms. The number of H-pyrrole nitrogens is 1. The van der Waals surface area contributed by atoms with Gasteiger partial charge >= 0.3 is 18.4 Å². The van der Waals surface area contributed by atoms with Gasteiger partial charge < -0.3 is 20.0 Å². The Labute approximate surface area is 207 Å². The standard InChI is InChI=1S/C21H24F6N8O2/c1-13(31-15-12-30-32-17(36)16(15)21(25,26)27)4-3-5-33(2)19(37)35-8-6-34(7-9-35)18-28-10-14(11-29-18)20(22,23)24/h3-4,10-13H,5-9H2,1-2H3,(H2,31,32,36)/b4-3+/t13-/m0/s1. The van der Waals surface area contributed by atoms with Gasteiger partial charge in [0.1, 0.15) is 5.56 Å². The van der Waals surface area contributed by atoms with E-state index in [0.717, 1.165) is 6.20 Å². The monoisotopic (exact) mass is 534 g/mol. The molecule has 16 heteroatoms. The Balaban J connectivity index is 1.50. The molecule has 0 bridgehead atoms. The van der Waals surface area contributed by atoms with E-state index in [0.29, 0.717) is 38.6 Å². The van der Waals surface area contributed by atoms with Gasteiger partial charge in [0.2, 0.25) is 5.95 Å². The fraction of sp³-hybridized carbons (Fsp3) is 0.476. The fourth-order valence-electron chi connectivity index (χ4n) is 3.55. The Bertz CT molecular complexity index is 1160. The Morgan fingerprint density at radius 2 is 1.73 bits per heavy atom. The van der Waals surface area contributed by atoms with Crippen LogP contribution in [0.5, 0.6) is 0 Å². The summed E-state index contributed by atoms with van der Waals surface area (Å²) in [5.74, 6) is 0.141. The molecule has 2 aromatic heterocycles. The van der Waals surface area contributed by atoms with Crippen LogP contribution < -0.4 is 15.8 Å². The van der Waals surface area contributed by atoms with Crippen LogP contribution in [-0.2, 0) is 12.4 Å². The highest BCUT2D eigenvalue weighted by Gasteiger charge is 2.37. The quantitative estimate of drug-likeness (QED) is 0.433. The number of piperazine rings is 1. The molecule has 1 fully saturated rings. The van der Waals surface area contributed by atoms with E-state index in [1.54, 1.807) is 41.0 Å². The molecule has 3 rings (SSSR count). The van der Waals surface area contributed by atoms with E-state index in [1.165, 1.54) is 4.90 Å². The Morgan fingerprint density at radius 3 is 2.30 bits per heavy atom. The lowest BCUT2D eigenvalue weighted by Crippen LogP contribution is -2.52. The minimum atomic E-state index is -4.86. The number of halogens is 6. The third-order valence-corrected chi connectivity index (χ3v) is 5.45. The first-order valence-corrected chi connectivity index (χ1v) is 11.0. The number of nitrogens with one attached hydrogen (secondary N) is 2. The summed E-state index contributed by atoms with van der Waals surface area (Å²) in [6.07, 6.45) is -3.95. The summed E-state index contributed by atoms with van der Waals surface area (Å²) in [7, 11) is 1.55. The molecular weight excluding hydrogens is 510 g/mol.